The van der Waals surface area contributed by atoms with Crippen LogP contribution in [0, 0.1) is 11.8 Å². The molecule has 2 rings (SSSR count). The van der Waals surface area contributed by atoms with Crippen LogP contribution < -0.4 is 5.32 Å². The standard InChI is InChI=1S/C16H30N2O2/c19-13-15-8-10-18(11-15)12-16(20)17-9-4-7-14-5-2-1-3-6-14/h14-15,19H,1-13H2,(H,17,20)/t15-/m1/s1. The van der Waals surface area contributed by atoms with Crippen molar-refractivity contribution in [1.29, 1.82) is 0 Å². The van der Waals surface area contributed by atoms with Crippen LogP contribution in [0.2, 0.25) is 0 Å². The van der Waals surface area contributed by atoms with E-state index < -0.39 is 0 Å². The van der Waals surface area contributed by atoms with Gasteiger partial charge in [0.05, 0.1) is 6.54 Å². The molecule has 1 saturated heterocycles. The number of likely N-dealkylation sites (tertiary alicyclic amines) is 1. The van der Waals surface area contributed by atoms with Gasteiger partial charge in [-0.1, -0.05) is 32.1 Å². The van der Waals surface area contributed by atoms with Crippen molar-refractivity contribution in [2.45, 2.75) is 51.4 Å². The van der Waals surface area contributed by atoms with Gasteiger partial charge in [0.15, 0.2) is 0 Å². The van der Waals surface area contributed by atoms with Crippen LogP contribution in [0.3, 0.4) is 0 Å². The Kier molecular flexibility index (Phi) is 6.80. The summed E-state index contributed by atoms with van der Waals surface area (Å²) in [5.41, 5.74) is 0. The largest absolute Gasteiger partial charge is 0.396 e. The highest BCUT2D eigenvalue weighted by molar-refractivity contribution is 5.78. The van der Waals surface area contributed by atoms with Crippen molar-refractivity contribution in [3.63, 3.8) is 0 Å². The lowest BCUT2D eigenvalue weighted by atomic mass is 9.86. The van der Waals surface area contributed by atoms with Gasteiger partial charge in [0, 0.05) is 19.7 Å². The van der Waals surface area contributed by atoms with Crippen molar-refractivity contribution in [3.8, 4) is 0 Å². The molecule has 116 valence electrons. The van der Waals surface area contributed by atoms with Crippen LogP contribution in [0.1, 0.15) is 51.4 Å². The molecule has 0 aromatic carbocycles. The Morgan fingerprint density at radius 2 is 1.95 bits per heavy atom. The fourth-order valence-electron chi connectivity index (χ4n) is 3.56. The second kappa shape index (κ2) is 8.63. The highest BCUT2D eigenvalue weighted by Gasteiger charge is 2.23. The van der Waals surface area contributed by atoms with Gasteiger partial charge in [-0.15, -0.1) is 0 Å². The van der Waals surface area contributed by atoms with Crippen molar-refractivity contribution in [3.05, 3.63) is 0 Å². The van der Waals surface area contributed by atoms with E-state index in [-0.39, 0.29) is 12.5 Å². The summed E-state index contributed by atoms with van der Waals surface area (Å²) in [4.78, 5) is 14.0. The fraction of sp³-hybridized carbons (Fsp3) is 0.938. The molecule has 0 radical (unpaired) electrons. The molecule has 4 nitrogen and oxygen atoms in total. The lowest BCUT2D eigenvalue weighted by Crippen LogP contribution is -2.36. The lowest BCUT2D eigenvalue weighted by Gasteiger charge is -2.21. The molecule has 0 unspecified atom stereocenters. The number of carbonyl (C=O) groups excluding carboxylic acids is 1. The molecule has 1 aliphatic carbocycles. The molecule has 1 amide bonds. The second-order valence-corrected chi connectivity index (χ2v) is 6.57. The Labute approximate surface area is 122 Å². The lowest BCUT2D eigenvalue weighted by molar-refractivity contribution is -0.122. The molecule has 1 heterocycles. The third kappa shape index (κ3) is 5.41. The van der Waals surface area contributed by atoms with E-state index in [9.17, 15) is 4.79 Å². The van der Waals surface area contributed by atoms with Crippen LogP contribution in [-0.4, -0.2) is 48.7 Å². The zero-order chi connectivity index (χ0) is 14.2. The molecule has 2 fully saturated rings. The van der Waals surface area contributed by atoms with E-state index in [1.54, 1.807) is 0 Å². The molecule has 2 aliphatic rings. The van der Waals surface area contributed by atoms with Gasteiger partial charge in [-0.2, -0.15) is 0 Å². The van der Waals surface area contributed by atoms with Crippen molar-refractivity contribution in [2.24, 2.45) is 11.8 Å². The van der Waals surface area contributed by atoms with E-state index >= 15 is 0 Å². The summed E-state index contributed by atoms with van der Waals surface area (Å²) in [7, 11) is 0. The van der Waals surface area contributed by atoms with E-state index in [1.165, 1.54) is 38.5 Å². The SMILES string of the molecule is O=C(CN1CC[C@@H](CO)C1)NCCCC1CCCCC1. The predicted octanol–water partition coefficient (Wildman–Crippen LogP) is 1.78. The summed E-state index contributed by atoms with van der Waals surface area (Å²) in [6.45, 7) is 3.39. The summed E-state index contributed by atoms with van der Waals surface area (Å²) in [5, 5.41) is 12.1. The Morgan fingerprint density at radius 3 is 2.65 bits per heavy atom. The third-order valence-electron chi connectivity index (χ3n) is 4.83. The van der Waals surface area contributed by atoms with Crippen molar-refractivity contribution in [1.82, 2.24) is 10.2 Å². The monoisotopic (exact) mass is 282 g/mol. The first-order valence-electron chi connectivity index (χ1n) is 8.38. The van der Waals surface area contributed by atoms with Gasteiger partial charge < -0.3 is 10.4 Å². The maximum atomic E-state index is 11.8. The summed E-state index contributed by atoms with van der Waals surface area (Å²) in [5.74, 6) is 1.42. The zero-order valence-electron chi connectivity index (χ0n) is 12.6. The van der Waals surface area contributed by atoms with E-state index in [0.717, 1.165) is 38.4 Å². The van der Waals surface area contributed by atoms with E-state index in [2.05, 4.69) is 10.2 Å². The average molecular weight is 282 g/mol. The van der Waals surface area contributed by atoms with Gasteiger partial charge in [-0.25, -0.2) is 0 Å². The Morgan fingerprint density at radius 1 is 1.15 bits per heavy atom. The summed E-state index contributed by atoms with van der Waals surface area (Å²) >= 11 is 0. The van der Waals surface area contributed by atoms with Crippen LogP contribution in [0.25, 0.3) is 0 Å². The number of aliphatic hydroxyl groups is 1. The Bertz CT molecular complexity index is 290. The van der Waals surface area contributed by atoms with Crippen LogP contribution >= 0.6 is 0 Å². The van der Waals surface area contributed by atoms with Crippen LogP contribution in [-0.2, 0) is 4.79 Å². The smallest absolute Gasteiger partial charge is 0.234 e. The van der Waals surface area contributed by atoms with Crippen molar-refractivity contribution in [2.75, 3.05) is 32.8 Å². The van der Waals surface area contributed by atoms with Gasteiger partial charge in [0.2, 0.25) is 5.91 Å². The number of nitrogens with zero attached hydrogens (tertiary/aromatic N) is 1. The number of rotatable bonds is 7. The fourth-order valence-corrected chi connectivity index (χ4v) is 3.56. The molecule has 0 aromatic rings. The molecule has 1 atom stereocenters. The molecular weight excluding hydrogens is 252 g/mol. The molecule has 0 aromatic heterocycles. The van der Waals surface area contributed by atoms with Crippen molar-refractivity contribution >= 4 is 5.91 Å². The number of amides is 1. The molecule has 1 saturated carbocycles. The second-order valence-electron chi connectivity index (χ2n) is 6.57. The van der Waals surface area contributed by atoms with Gasteiger partial charge in [0.25, 0.3) is 0 Å². The van der Waals surface area contributed by atoms with Gasteiger partial charge >= 0.3 is 0 Å². The first-order valence-corrected chi connectivity index (χ1v) is 8.38. The van der Waals surface area contributed by atoms with Crippen LogP contribution in [0.4, 0.5) is 0 Å². The highest BCUT2D eigenvalue weighted by atomic mass is 16.3. The maximum absolute atomic E-state index is 11.8. The summed E-state index contributed by atoms with van der Waals surface area (Å²) < 4.78 is 0. The molecule has 0 bridgehead atoms. The Balaban J connectivity index is 1.50. The Hall–Kier alpha value is -0.610. The zero-order valence-corrected chi connectivity index (χ0v) is 12.6. The molecule has 4 heteroatoms. The number of hydrogen-bond donors (Lipinski definition) is 2. The van der Waals surface area contributed by atoms with E-state index in [0.29, 0.717) is 12.5 Å². The normalized spacial score (nSPS) is 24.9. The van der Waals surface area contributed by atoms with E-state index in [4.69, 9.17) is 5.11 Å². The predicted molar refractivity (Wildman–Crippen MR) is 80.5 cm³/mol. The minimum Gasteiger partial charge on any atom is -0.396 e. The molecule has 20 heavy (non-hydrogen) atoms. The first kappa shape index (κ1) is 15.8. The van der Waals surface area contributed by atoms with Crippen molar-refractivity contribution < 1.29 is 9.90 Å². The summed E-state index contributed by atoms with van der Waals surface area (Å²) in [6, 6.07) is 0. The molecule has 2 N–H and O–H groups in total. The minimum absolute atomic E-state index is 0.146. The van der Waals surface area contributed by atoms with Crippen LogP contribution in [0.15, 0.2) is 0 Å². The highest BCUT2D eigenvalue weighted by Crippen LogP contribution is 2.26. The maximum Gasteiger partial charge on any atom is 0.234 e. The van der Waals surface area contributed by atoms with Gasteiger partial charge in [-0.05, 0) is 37.6 Å². The summed E-state index contributed by atoms with van der Waals surface area (Å²) in [6.07, 6.45) is 10.4. The quantitative estimate of drug-likeness (QED) is 0.700. The average Bonchev–Trinajstić information content (AvgIpc) is 2.92. The first-order chi connectivity index (χ1) is 9.78. The van der Waals surface area contributed by atoms with Gasteiger partial charge in [-0.3, -0.25) is 9.69 Å². The molecular formula is C16H30N2O2. The minimum atomic E-state index is 0.146. The number of aliphatic hydroxyl groups excluding tert-OH is 1. The van der Waals surface area contributed by atoms with Crippen LogP contribution in [0.5, 0.6) is 0 Å². The molecule has 0 spiro atoms. The number of nitrogens with one attached hydrogen (secondary N) is 1. The third-order valence-corrected chi connectivity index (χ3v) is 4.83. The van der Waals surface area contributed by atoms with E-state index in [1.807, 2.05) is 0 Å². The topological polar surface area (TPSA) is 52.6 Å². The van der Waals surface area contributed by atoms with Gasteiger partial charge in [0.1, 0.15) is 0 Å². The number of hydrogen-bond acceptors (Lipinski definition) is 3. The molecule has 1 aliphatic heterocycles. The number of carbonyl (C=O) groups is 1.